The Morgan fingerprint density at radius 2 is 0.482 bits per heavy atom. The van der Waals surface area contributed by atoms with E-state index in [-0.39, 0.29) is 10.8 Å². The van der Waals surface area contributed by atoms with Crippen molar-refractivity contribution in [2.45, 2.75) is 52.4 Å². The Morgan fingerprint density at radius 1 is 0.191 bits per heavy atom. The highest BCUT2D eigenvalue weighted by Gasteiger charge is 2.47. The van der Waals surface area contributed by atoms with Gasteiger partial charge in [-0.25, -0.2) is 0 Å². The first kappa shape index (κ1) is 81.8. The second-order valence-corrected chi connectivity index (χ2v) is 40.6. The molecule has 0 fully saturated rings. The van der Waals surface area contributed by atoms with E-state index >= 15 is 0 Å². The van der Waals surface area contributed by atoms with Crippen LogP contribution < -0.4 is 26.2 Å². The summed E-state index contributed by atoms with van der Waals surface area (Å²) in [6, 6.07) is 173. The molecule has 3 aliphatic rings. The van der Waals surface area contributed by atoms with Gasteiger partial charge in [0, 0.05) is 99.5 Å². The molecule has 0 saturated carbocycles. The van der Waals surface area contributed by atoms with E-state index in [1.165, 1.54) is 71.3 Å². The van der Waals surface area contributed by atoms with Crippen LogP contribution >= 0.6 is 0 Å². The van der Waals surface area contributed by atoms with Crippen LogP contribution in [-0.4, -0.2) is 15.8 Å². The van der Waals surface area contributed by atoms with Crippen LogP contribution in [0.25, 0.3) is 221 Å². The predicted molar refractivity (Wildman–Crippen MR) is 594 cm³/mol. The molecule has 13 bridgehead atoms. The molecule has 7 heterocycles. The van der Waals surface area contributed by atoms with Gasteiger partial charge in [0.2, 0.25) is 0 Å². The number of aromatic nitrogens is 2. The van der Waals surface area contributed by atoms with Crippen LogP contribution in [0, 0.1) is 0 Å². The lowest BCUT2D eigenvalue weighted by atomic mass is 9.33. The normalized spacial score (nSPS) is 12.7. The van der Waals surface area contributed by atoms with E-state index in [0.29, 0.717) is 0 Å². The van der Waals surface area contributed by atoms with Gasteiger partial charge in [0.25, 0.3) is 6.71 Å². The molecule has 28 rings (SSSR count). The molecule has 6 nitrogen and oxygen atoms in total. The lowest BCUT2D eigenvalue weighted by Gasteiger charge is -2.46. The second kappa shape index (κ2) is 31.5. The molecule has 0 aliphatic carbocycles. The Labute approximate surface area is 818 Å². The number of nitrogens with zero attached hydrogens (tertiary/aromatic N) is 4. The van der Waals surface area contributed by atoms with E-state index in [1.807, 2.05) is 0 Å². The summed E-state index contributed by atoms with van der Waals surface area (Å²) in [5.74, 6) is 0. The molecule has 25 aromatic rings. The van der Waals surface area contributed by atoms with Gasteiger partial charge in [-0.05, 0) is 302 Å². The van der Waals surface area contributed by atoms with E-state index in [1.54, 1.807) is 0 Å². The highest BCUT2D eigenvalue weighted by atomic mass is 16.3. The van der Waals surface area contributed by atoms with Gasteiger partial charge in [0.1, 0.15) is 22.3 Å². The van der Waals surface area contributed by atoms with Crippen molar-refractivity contribution in [3.8, 4) is 134 Å². The number of benzene rings is 21. The van der Waals surface area contributed by atoms with Crippen molar-refractivity contribution in [3.63, 3.8) is 0 Å². The minimum Gasteiger partial charge on any atom is -0.456 e. The van der Waals surface area contributed by atoms with Gasteiger partial charge < -0.3 is 27.8 Å². The van der Waals surface area contributed by atoms with Crippen molar-refractivity contribution in [2.75, 3.05) is 9.80 Å². The number of hydrogen-bond acceptors (Lipinski definition) is 4. The summed E-state index contributed by atoms with van der Waals surface area (Å²) in [4.78, 5) is 5.50. The van der Waals surface area contributed by atoms with Crippen molar-refractivity contribution >= 4 is 145 Å². The monoisotopic (exact) mass is 1800 g/mol. The third-order valence-electron chi connectivity index (χ3n) is 30.3. The Kier molecular flexibility index (Phi) is 18.3. The SMILES string of the molecule is CC(C)(C)c1cc(-c2ccccc2)c2c(c1)-c1cccc(c1)-c1ccc3oc4ccc(cc4c3c1)-c1cccc(c1)-c1cc(C(C)(C)C)cc(-c3ccccc3)c1N1c3cc(-n4c5ccccc5c5cc(-c6cccc(-c7ccccc7)c6)ccc54)ccc3B3c4ccc(-n5c6ccccc6c6cc(-c7cccc(-c8ccccc8)c7)ccc65)cc4N2c2cc(-c4ccc5oc6ccccc6c5c4)cc1c23. The van der Waals surface area contributed by atoms with Gasteiger partial charge in [-0.3, -0.25) is 0 Å². The lowest BCUT2D eigenvalue weighted by Crippen LogP contribution is -2.61. The zero-order chi connectivity index (χ0) is 93.8. The van der Waals surface area contributed by atoms with Crippen molar-refractivity contribution in [3.05, 3.63) is 466 Å². The van der Waals surface area contributed by atoms with Gasteiger partial charge in [0.15, 0.2) is 0 Å². The molecule has 7 heteroatoms. The average molecular weight is 1800 g/mol. The van der Waals surface area contributed by atoms with E-state index in [2.05, 4.69) is 515 Å². The summed E-state index contributed by atoms with van der Waals surface area (Å²) in [6.45, 7) is 13.8. The molecule has 4 aromatic heterocycles. The zero-order valence-electron chi connectivity index (χ0n) is 79.0. The number of anilines is 6. The van der Waals surface area contributed by atoms with Crippen LogP contribution in [0.1, 0.15) is 52.7 Å². The highest BCUT2D eigenvalue weighted by molar-refractivity contribution is 7.00. The van der Waals surface area contributed by atoms with Crippen LogP contribution in [0.15, 0.2) is 464 Å². The highest BCUT2D eigenvalue weighted by Crippen LogP contribution is 2.58. The number of furan rings is 2. The fourth-order valence-electron chi connectivity index (χ4n) is 23.3. The van der Waals surface area contributed by atoms with Crippen LogP contribution in [0.4, 0.5) is 34.1 Å². The van der Waals surface area contributed by atoms with Crippen LogP contribution in [0.3, 0.4) is 0 Å². The smallest absolute Gasteiger partial charge is 0.252 e. The number of rotatable bonds is 9. The molecule has 0 unspecified atom stereocenters. The molecule has 0 spiro atoms. The summed E-state index contributed by atoms with van der Waals surface area (Å²) in [5, 5.41) is 8.93. The van der Waals surface area contributed by atoms with E-state index in [4.69, 9.17) is 8.83 Å². The van der Waals surface area contributed by atoms with Crippen LogP contribution in [0.5, 0.6) is 0 Å². The van der Waals surface area contributed by atoms with Crippen LogP contribution in [0.2, 0.25) is 0 Å². The fourth-order valence-corrected chi connectivity index (χ4v) is 23.3. The average Bonchev–Trinajstić information content (AvgIpc) is 1.26. The Morgan fingerprint density at radius 3 is 0.887 bits per heavy atom. The molecule has 664 valence electrons. The molecular weight excluding hydrogens is 1710 g/mol. The number of para-hydroxylation sites is 3. The Hall–Kier alpha value is -17.5. The standard InChI is InChI=1S/C134H93BN4O2/c1-133(2,3)100-76-107(84-33-15-9-16-34-84)131-109(78-100)97-43-27-41-90(67-97)94-53-62-128-114(71-94)115-72-95(54-63-129(115)141-128)91-42-28-44-98(68-91)110-79-101(134(4,5)6)77-108(85-35-17-10-18-36-85)132(110)139-123-81-103(137-119-49-23-20-46-105(119)112-70-93(52-61-121(112)137)89-40-26-38-87(66-89)83-31-13-8-14-32-83)57-59-117(123)135-116-58-56-102(80-122(116)138(131)124-74-99(75-125(139)130(124)135)96-55-64-127-113(73-96)106-47-21-24-50-126(106)140-127)136-118-48-22-19-45-104(118)111-69-92(51-60-120(111)136)88-39-25-37-86(65-88)82-29-11-7-12-30-82/h7-81H,1-6H3. The summed E-state index contributed by atoms with van der Waals surface area (Å²) in [5.41, 5.74) is 46.1. The first-order valence-corrected chi connectivity index (χ1v) is 49.2. The second-order valence-electron chi connectivity index (χ2n) is 40.6. The van der Waals surface area contributed by atoms with Gasteiger partial charge in [-0.1, -0.05) is 333 Å². The molecular formula is C134H93BN4O2. The number of fused-ring (bicyclic) bond motifs is 29. The summed E-state index contributed by atoms with van der Waals surface area (Å²) >= 11 is 0. The minimum atomic E-state index is -0.398. The fraction of sp³-hybridized carbons (Fsp3) is 0.0597. The van der Waals surface area contributed by atoms with Crippen LogP contribution in [-0.2, 0) is 10.8 Å². The van der Waals surface area contributed by atoms with Crippen molar-refractivity contribution in [1.29, 1.82) is 0 Å². The van der Waals surface area contributed by atoms with Crippen molar-refractivity contribution in [2.24, 2.45) is 0 Å². The maximum absolute atomic E-state index is 6.92. The van der Waals surface area contributed by atoms with E-state index in [0.717, 1.165) is 212 Å². The van der Waals surface area contributed by atoms with Crippen molar-refractivity contribution < 1.29 is 8.83 Å². The first-order chi connectivity index (χ1) is 69.1. The van der Waals surface area contributed by atoms with Gasteiger partial charge in [-0.2, -0.15) is 0 Å². The third kappa shape index (κ3) is 13.2. The predicted octanol–water partition coefficient (Wildman–Crippen LogP) is 35.0. The molecule has 0 radical (unpaired) electrons. The molecule has 3 aliphatic heterocycles. The zero-order valence-corrected chi connectivity index (χ0v) is 79.0. The Bertz CT molecular complexity index is 9050. The van der Waals surface area contributed by atoms with E-state index in [9.17, 15) is 0 Å². The topological polar surface area (TPSA) is 42.6 Å². The summed E-state index contributed by atoms with van der Waals surface area (Å²) in [6.07, 6.45) is 0. The van der Waals surface area contributed by atoms with E-state index < -0.39 is 6.71 Å². The number of hydrogen-bond donors (Lipinski definition) is 0. The van der Waals surface area contributed by atoms with Gasteiger partial charge in [0.05, 0.1) is 33.4 Å². The molecule has 141 heavy (non-hydrogen) atoms. The summed E-state index contributed by atoms with van der Waals surface area (Å²) in [7, 11) is 0. The largest absolute Gasteiger partial charge is 0.456 e. The van der Waals surface area contributed by atoms with Gasteiger partial charge >= 0.3 is 0 Å². The molecule has 21 aromatic carbocycles. The quantitative estimate of drug-likeness (QED) is 0.135. The molecule has 0 amide bonds. The maximum atomic E-state index is 6.92. The van der Waals surface area contributed by atoms with Crippen molar-refractivity contribution in [1.82, 2.24) is 9.13 Å². The first-order valence-electron chi connectivity index (χ1n) is 49.2. The summed E-state index contributed by atoms with van der Waals surface area (Å²) < 4.78 is 18.9. The lowest BCUT2D eigenvalue weighted by molar-refractivity contribution is 0.590. The molecule has 0 saturated heterocycles. The molecule has 0 N–H and O–H groups in total. The Balaban J connectivity index is 0.798. The minimum absolute atomic E-state index is 0.325. The van der Waals surface area contributed by atoms with Gasteiger partial charge in [-0.15, -0.1) is 0 Å². The third-order valence-corrected chi connectivity index (χ3v) is 30.3. The maximum Gasteiger partial charge on any atom is 0.252 e. The molecule has 0 atom stereocenters.